The molecule has 2 rings (SSSR count). The second kappa shape index (κ2) is 7.05. The van der Waals surface area contributed by atoms with Gasteiger partial charge in [0.05, 0.1) is 17.6 Å². The van der Waals surface area contributed by atoms with E-state index in [0.29, 0.717) is 0 Å². The van der Waals surface area contributed by atoms with E-state index in [9.17, 15) is 5.11 Å². The van der Waals surface area contributed by atoms with Crippen LogP contribution in [0.5, 0.6) is 0 Å². The van der Waals surface area contributed by atoms with Gasteiger partial charge in [0.25, 0.3) is 0 Å². The van der Waals surface area contributed by atoms with Crippen LogP contribution in [0.3, 0.4) is 0 Å². The summed E-state index contributed by atoms with van der Waals surface area (Å²) in [5.74, 6) is 1.12. The van der Waals surface area contributed by atoms with Gasteiger partial charge in [-0.3, -0.25) is 0 Å². The van der Waals surface area contributed by atoms with Crippen LogP contribution in [0.15, 0.2) is 24.3 Å². The van der Waals surface area contributed by atoms with Crippen LogP contribution in [0.2, 0.25) is 0 Å². The second-order valence-corrected chi connectivity index (χ2v) is 5.92. The van der Waals surface area contributed by atoms with Crippen molar-refractivity contribution in [2.45, 2.75) is 52.1 Å². The Labute approximate surface area is 127 Å². The second-order valence-electron chi connectivity index (χ2n) is 5.92. The Morgan fingerprint density at radius 1 is 1.29 bits per heavy atom. The van der Waals surface area contributed by atoms with Crippen molar-refractivity contribution in [3.05, 3.63) is 30.1 Å². The summed E-state index contributed by atoms with van der Waals surface area (Å²) < 4.78 is 2.29. The molecule has 0 aliphatic rings. The lowest BCUT2D eigenvalue weighted by Crippen LogP contribution is -2.46. The fraction of sp³-hybridized carbons (Fsp3) is 0.588. The Balaban J connectivity index is 2.18. The van der Waals surface area contributed by atoms with Gasteiger partial charge >= 0.3 is 0 Å². The first kappa shape index (κ1) is 16.0. The van der Waals surface area contributed by atoms with Gasteiger partial charge in [-0.05, 0) is 38.4 Å². The lowest BCUT2D eigenvalue weighted by Gasteiger charge is -2.29. The average Bonchev–Trinajstić information content (AvgIpc) is 2.89. The number of aliphatic hydroxyl groups is 1. The third-order valence-electron chi connectivity index (χ3n) is 4.09. The number of benzene rings is 1. The standard InChI is InChI=1S/C17H27N3O/c1-4-11-18-17(3,13-21)10-12-20-15-9-7-6-8-14(15)19-16(20)5-2/h6-9,18,21H,4-5,10-13H2,1-3H3. The van der Waals surface area contributed by atoms with Gasteiger partial charge in [-0.15, -0.1) is 0 Å². The summed E-state index contributed by atoms with van der Waals surface area (Å²) in [5.41, 5.74) is 2.01. The quantitative estimate of drug-likeness (QED) is 0.785. The first-order valence-corrected chi connectivity index (χ1v) is 7.93. The van der Waals surface area contributed by atoms with Gasteiger partial charge in [-0.1, -0.05) is 26.0 Å². The molecule has 4 nitrogen and oxygen atoms in total. The molecule has 1 aromatic carbocycles. The minimum Gasteiger partial charge on any atom is -0.394 e. The molecule has 2 aromatic rings. The number of para-hydroxylation sites is 2. The zero-order valence-electron chi connectivity index (χ0n) is 13.4. The van der Waals surface area contributed by atoms with Crippen LogP contribution in [0.25, 0.3) is 11.0 Å². The van der Waals surface area contributed by atoms with E-state index in [2.05, 4.69) is 48.9 Å². The normalized spacial score (nSPS) is 14.5. The molecular weight excluding hydrogens is 262 g/mol. The number of hydrogen-bond acceptors (Lipinski definition) is 3. The van der Waals surface area contributed by atoms with Crippen LogP contribution in [-0.2, 0) is 13.0 Å². The van der Waals surface area contributed by atoms with Gasteiger partial charge in [0, 0.05) is 18.5 Å². The first-order valence-electron chi connectivity index (χ1n) is 7.93. The van der Waals surface area contributed by atoms with Gasteiger partial charge in [0.2, 0.25) is 0 Å². The van der Waals surface area contributed by atoms with Crippen molar-refractivity contribution in [1.82, 2.24) is 14.9 Å². The molecule has 0 aliphatic heterocycles. The number of aryl methyl sites for hydroxylation is 2. The van der Waals surface area contributed by atoms with Crippen LogP contribution < -0.4 is 5.32 Å². The van der Waals surface area contributed by atoms with Crippen LogP contribution in [0.1, 0.15) is 39.4 Å². The molecule has 1 atom stereocenters. The van der Waals surface area contributed by atoms with Crippen LogP contribution in [-0.4, -0.2) is 33.3 Å². The Kier molecular flexibility index (Phi) is 5.37. The summed E-state index contributed by atoms with van der Waals surface area (Å²) in [4.78, 5) is 4.70. The van der Waals surface area contributed by atoms with E-state index in [1.807, 2.05) is 6.07 Å². The van der Waals surface area contributed by atoms with Crippen LogP contribution in [0, 0.1) is 0 Å². The summed E-state index contributed by atoms with van der Waals surface area (Å²) in [6.45, 7) is 8.33. The fourth-order valence-electron chi connectivity index (χ4n) is 2.65. The molecule has 0 saturated carbocycles. The molecule has 116 valence electrons. The highest BCUT2D eigenvalue weighted by molar-refractivity contribution is 5.75. The van der Waals surface area contributed by atoms with Crippen molar-refractivity contribution in [2.75, 3.05) is 13.2 Å². The topological polar surface area (TPSA) is 50.1 Å². The summed E-state index contributed by atoms with van der Waals surface area (Å²) in [6.07, 6.45) is 2.88. The van der Waals surface area contributed by atoms with Crippen molar-refractivity contribution in [3.63, 3.8) is 0 Å². The predicted molar refractivity (Wildman–Crippen MR) is 87.5 cm³/mol. The summed E-state index contributed by atoms with van der Waals surface area (Å²) >= 11 is 0. The van der Waals surface area contributed by atoms with Crippen molar-refractivity contribution in [1.29, 1.82) is 0 Å². The Bertz CT molecular complexity index is 578. The highest BCUT2D eigenvalue weighted by Crippen LogP contribution is 2.19. The number of imidazole rings is 1. The maximum Gasteiger partial charge on any atom is 0.109 e. The number of aliphatic hydroxyl groups excluding tert-OH is 1. The molecule has 0 saturated heterocycles. The SMILES string of the molecule is CCCNC(C)(CO)CCn1c(CC)nc2ccccc21. The molecule has 0 spiro atoms. The maximum atomic E-state index is 9.69. The molecule has 0 aliphatic carbocycles. The van der Waals surface area contributed by atoms with E-state index in [4.69, 9.17) is 4.98 Å². The minimum absolute atomic E-state index is 0.154. The van der Waals surface area contributed by atoms with Gasteiger partial charge in [-0.2, -0.15) is 0 Å². The van der Waals surface area contributed by atoms with Crippen LogP contribution >= 0.6 is 0 Å². The zero-order chi connectivity index (χ0) is 15.3. The number of rotatable bonds is 8. The Morgan fingerprint density at radius 3 is 2.71 bits per heavy atom. The lowest BCUT2D eigenvalue weighted by atomic mass is 9.98. The summed E-state index contributed by atoms with van der Waals surface area (Å²) in [5, 5.41) is 13.2. The molecule has 0 radical (unpaired) electrons. The van der Waals surface area contributed by atoms with E-state index < -0.39 is 0 Å². The Morgan fingerprint density at radius 2 is 2.05 bits per heavy atom. The molecule has 21 heavy (non-hydrogen) atoms. The molecule has 1 aromatic heterocycles. The summed E-state index contributed by atoms with van der Waals surface area (Å²) in [7, 11) is 0. The van der Waals surface area contributed by atoms with Crippen molar-refractivity contribution in [2.24, 2.45) is 0 Å². The molecule has 0 fully saturated rings. The van der Waals surface area contributed by atoms with Gasteiger partial charge in [0.1, 0.15) is 5.82 Å². The Hall–Kier alpha value is -1.39. The van der Waals surface area contributed by atoms with Crippen molar-refractivity contribution < 1.29 is 5.11 Å². The molecule has 1 unspecified atom stereocenters. The van der Waals surface area contributed by atoms with E-state index in [0.717, 1.165) is 43.7 Å². The molecule has 4 heteroatoms. The van der Waals surface area contributed by atoms with Gasteiger partial charge in [0.15, 0.2) is 0 Å². The molecule has 0 amide bonds. The fourth-order valence-corrected chi connectivity index (χ4v) is 2.65. The molecule has 0 bridgehead atoms. The molecule has 1 heterocycles. The van der Waals surface area contributed by atoms with Crippen LogP contribution in [0.4, 0.5) is 0 Å². The van der Waals surface area contributed by atoms with E-state index in [1.165, 1.54) is 5.52 Å². The smallest absolute Gasteiger partial charge is 0.109 e. The monoisotopic (exact) mass is 289 g/mol. The molecule has 2 N–H and O–H groups in total. The first-order chi connectivity index (χ1) is 10.1. The third kappa shape index (κ3) is 3.63. The van der Waals surface area contributed by atoms with E-state index >= 15 is 0 Å². The van der Waals surface area contributed by atoms with Crippen molar-refractivity contribution in [3.8, 4) is 0 Å². The van der Waals surface area contributed by atoms with Gasteiger partial charge in [-0.25, -0.2) is 4.98 Å². The largest absolute Gasteiger partial charge is 0.394 e. The number of nitrogens with one attached hydrogen (secondary N) is 1. The zero-order valence-corrected chi connectivity index (χ0v) is 13.4. The van der Waals surface area contributed by atoms with E-state index in [-0.39, 0.29) is 12.1 Å². The average molecular weight is 289 g/mol. The number of aromatic nitrogens is 2. The lowest BCUT2D eigenvalue weighted by molar-refractivity contribution is 0.161. The van der Waals surface area contributed by atoms with Gasteiger partial charge < -0.3 is 15.0 Å². The van der Waals surface area contributed by atoms with E-state index in [1.54, 1.807) is 0 Å². The minimum atomic E-state index is -0.230. The molecular formula is C17H27N3O. The van der Waals surface area contributed by atoms with Crippen molar-refractivity contribution >= 4 is 11.0 Å². The highest BCUT2D eigenvalue weighted by atomic mass is 16.3. The predicted octanol–water partition coefficient (Wildman–Crippen LogP) is 2.74. The third-order valence-corrected chi connectivity index (χ3v) is 4.09. The maximum absolute atomic E-state index is 9.69. The highest BCUT2D eigenvalue weighted by Gasteiger charge is 2.22. The summed E-state index contributed by atoms with van der Waals surface area (Å²) in [6, 6.07) is 8.27. The number of nitrogens with zero attached hydrogens (tertiary/aromatic N) is 2. The number of hydrogen-bond donors (Lipinski definition) is 2. The number of fused-ring (bicyclic) bond motifs is 1.